The molecule has 164 valence electrons. The lowest BCUT2D eigenvalue weighted by Gasteiger charge is -2.20. The van der Waals surface area contributed by atoms with Crippen LogP contribution in [0.15, 0.2) is 66.7 Å². The van der Waals surface area contributed by atoms with Crippen LogP contribution in [0.5, 0.6) is 5.75 Å². The van der Waals surface area contributed by atoms with Crippen LogP contribution in [0.1, 0.15) is 24.9 Å². The van der Waals surface area contributed by atoms with Crippen molar-refractivity contribution >= 4 is 40.1 Å². The van der Waals surface area contributed by atoms with Crippen LogP contribution >= 0.6 is 23.2 Å². The number of aromatic nitrogens is 2. The minimum atomic E-state index is -0.439. The number of amides is 1. The second-order valence-corrected chi connectivity index (χ2v) is 8.31. The van der Waals surface area contributed by atoms with Gasteiger partial charge in [-0.05, 0) is 60.5 Å². The summed E-state index contributed by atoms with van der Waals surface area (Å²) >= 11 is 12.1. The highest BCUT2D eigenvalue weighted by Gasteiger charge is 2.25. The molecule has 5 nitrogen and oxygen atoms in total. The van der Waals surface area contributed by atoms with Crippen molar-refractivity contribution in [3.05, 3.63) is 82.3 Å². The molecule has 1 atom stereocenters. The molecule has 1 N–H and O–H groups in total. The predicted octanol–water partition coefficient (Wildman–Crippen LogP) is 6.29. The molecule has 1 heterocycles. The zero-order valence-corrected chi connectivity index (χ0v) is 19.3. The van der Waals surface area contributed by atoms with E-state index in [-0.39, 0.29) is 5.91 Å². The van der Waals surface area contributed by atoms with E-state index in [1.54, 1.807) is 7.11 Å². The van der Waals surface area contributed by atoms with Crippen LogP contribution in [0.4, 0.5) is 0 Å². The number of nitrogens with zero attached hydrogens (tertiary/aromatic N) is 2. The van der Waals surface area contributed by atoms with Crippen molar-refractivity contribution in [3.8, 4) is 17.1 Å². The molecule has 0 saturated carbocycles. The van der Waals surface area contributed by atoms with Crippen LogP contribution in [0.25, 0.3) is 22.4 Å². The summed E-state index contributed by atoms with van der Waals surface area (Å²) in [6.45, 7) is 2.41. The van der Waals surface area contributed by atoms with Gasteiger partial charge in [0.15, 0.2) is 0 Å². The lowest BCUT2D eigenvalue weighted by atomic mass is 10.1. The van der Waals surface area contributed by atoms with Gasteiger partial charge in [0, 0.05) is 28.2 Å². The van der Waals surface area contributed by atoms with E-state index >= 15 is 0 Å². The van der Waals surface area contributed by atoms with Crippen molar-refractivity contribution < 1.29 is 9.53 Å². The highest BCUT2D eigenvalue weighted by molar-refractivity contribution is 6.30. The SMILES string of the molecule is CCC(C(=O)NCc1ccc(Cl)cc1)n1c(-c2ccc(Cl)cc2)nc2cc(OC)ccc21. The molecule has 32 heavy (non-hydrogen) atoms. The molecule has 3 aromatic carbocycles. The molecule has 0 fully saturated rings. The minimum absolute atomic E-state index is 0.0761. The summed E-state index contributed by atoms with van der Waals surface area (Å²) in [5.74, 6) is 1.34. The molecule has 0 aliphatic carbocycles. The number of benzene rings is 3. The fourth-order valence-corrected chi connectivity index (χ4v) is 3.97. The van der Waals surface area contributed by atoms with Crippen LogP contribution in [-0.4, -0.2) is 22.6 Å². The molecule has 1 aromatic heterocycles. The summed E-state index contributed by atoms with van der Waals surface area (Å²) in [6, 6.07) is 20.2. The highest BCUT2D eigenvalue weighted by atomic mass is 35.5. The molecule has 7 heteroatoms. The number of ether oxygens (including phenoxy) is 1. The molecule has 0 saturated heterocycles. The number of halogens is 2. The van der Waals surface area contributed by atoms with E-state index in [0.29, 0.717) is 34.6 Å². The van der Waals surface area contributed by atoms with E-state index in [4.69, 9.17) is 32.9 Å². The van der Waals surface area contributed by atoms with Crippen molar-refractivity contribution in [2.45, 2.75) is 25.9 Å². The van der Waals surface area contributed by atoms with Gasteiger partial charge < -0.3 is 14.6 Å². The largest absolute Gasteiger partial charge is 0.497 e. The number of hydrogen-bond acceptors (Lipinski definition) is 3. The number of hydrogen-bond donors (Lipinski definition) is 1. The molecule has 0 radical (unpaired) electrons. The number of methoxy groups -OCH3 is 1. The summed E-state index contributed by atoms with van der Waals surface area (Å²) < 4.78 is 7.36. The van der Waals surface area contributed by atoms with Gasteiger partial charge in [0.1, 0.15) is 17.6 Å². The predicted molar refractivity (Wildman–Crippen MR) is 129 cm³/mol. The van der Waals surface area contributed by atoms with Crippen LogP contribution in [-0.2, 0) is 11.3 Å². The zero-order chi connectivity index (χ0) is 22.7. The molecule has 4 aromatic rings. The van der Waals surface area contributed by atoms with Gasteiger partial charge in [-0.2, -0.15) is 0 Å². The van der Waals surface area contributed by atoms with Crippen molar-refractivity contribution in [2.75, 3.05) is 7.11 Å². The van der Waals surface area contributed by atoms with E-state index in [0.717, 1.165) is 22.2 Å². The lowest BCUT2D eigenvalue weighted by molar-refractivity contribution is -0.124. The van der Waals surface area contributed by atoms with Gasteiger partial charge in [0.05, 0.1) is 18.1 Å². The molecule has 0 aliphatic heterocycles. The van der Waals surface area contributed by atoms with Crippen LogP contribution in [0.3, 0.4) is 0 Å². The zero-order valence-electron chi connectivity index (χ0n) is 17.8. The number of nitrogens with one attached hydrogen (secondary N) is 1. The maximum absolute atomic E-state index is 13.3. The molecule has 1 amide bonds. The quantitative estimate of drug-likeness (QED) is 0.347. The average molecular weight is 468 g/mol. The second-order valence-electron chi connectivity index (χ2n) is 7.44. The third kappa shape index (κ3) is 4.59. The van der Waals surface area contributed by atoms with Crippen LogP contribution in [0, 0.1) is 0 Å². The first-order valence-corrected chi connectivity index (χ1v) is 11.1. The second kappa shape index (κ2) is 9.63. The van der Waals surface area contributed by atoms with Gasteiger partial charge >= 0.3 is 0 Å². The Morgan fingerprint density at radius 2 is 1.69 bits per heavy atom. The molecular formula is C25H23Cl2N3O2. The van der Waals surface area contributed by atoms with E-state index in [2.05, 4.69) is 5.32 Å². The maximum Gasteiger partial charge on any atom is 0.243 e. The fourth-order valence-electron chi connectivity index (χ4n) is 3.72. The molecular weight excluding hydrogens is 445 g/mol. The van der Waals surface area contributed by atoms with E-state index in [1.807, 2.05) is 78.2 Å². The fraction of sp³-hybridized carbons (Fsp3) is 0.200. The van der Waals surface area contributed by atoms with E-state index in [9.17, 15) is 4.79 Å². The Morgan fingerprint density at radius 3 is 2.31 bits per heavy atom. The van der Waals surface area contributed by atoms with Crippen molar-refractivity contribution in [3.63, 3.8) is 0 Å². The van der Waals surface area contributed by atoms with Crippen molar-refractivity contribution in [1.29, 1.82) is 0 Å². The van der Waals surface area contributed by atoms with Crippen molar-refractivity contribution in [2.24, 2.45) is 0 Å². The topological polar surface area (TPSA) is 56.2 Å². The summed E-state index contributed by atoms with van der Waals surface area (Å²) in [6.07, 6.45) is 0.602. The Hall–Kier alpha value is -3.02. The normalized spacial score (nSPS) is 12.0. The Kier molecular flexibility index (Phi) is 6.68. The third-order valence-corrected chi connectivity index (χ3v) is 5.88. The van der Waals surface area contributed by atoms with E-state index in [1.165, 1.54) is 0 Å². The summed E-state index contributed by atoms with van der Waals surface area (Å²) in [5, 5.41) is 4.37. The van der Waals surface area contributed by atoms with Gasteiger partial charge in [0.2, 0.25) is 5.91 Å². The average Bonchev–Trinajstić information content (AvgIpc) is 3.18. The Labute approximate surface area is 196 Å². The van der Waals surface area contributed by atoms with Gasteiger partial charge in [-0.3, -0.25) is 4.79 Å². The minimum Gasteiger partial charge on any atom is -0.497 e. The van der Waals surface area contributed by atoms with Crippen LogP contribution in [0.2, 0.25) is 10.0 Å². The Balaban J connectivity index is 1.73. The smallest absolute Gasteiger partial charge is 0.243 e. The molecule has 1 unspecified atom stereocenters. The Bertz CT molecular complexity index is 1230. The summed E-state index contributed by atoms with van der Waals surface area (Å²) in [7, 11) is 1.62. The molecule has 0 aliphatic rings. The number of imidazole rings is 1. The first kappa shape index (κ1) is 22.2. The lowest BCUT2D eigenvalue weighted by Crippen LogP contribution is -2.32. The molecule has 0 bridgehead atoms. The Morgan fingerprint density at radius 1 is 1.03 bits per heavy atom. The summed E-state index contributed by atoms with van der Waals surface area (Å²) in [5.41, 5.74) is 3.49. The van der Waals surface area contributed by atoms with Gasteiger partial charge in [-0.1, -0.05) is 42.3 Å². The number of rotatable bonds is 7. The maximum atomic E-state index is 13.3. The molecule has 0 spiro atoms. The number of carbonyl (C=O) groups excluding carboxylic acids is 1. The van der Waals surface area contributed by atoms with Crippen molar-refractivity contribution in [1.82, 2.24) is 14.9 Å². The first-order chi connectivity index (χ1) is 15.5. The first-order valence-electron chi connectivity index (χ1n) is 10.3. The molecule has 4 rings (SSSR count). The summed E-state index contributed by atoms with van der Waals surface area (Å²) in [4.78, 5) is 18.1. The van der Waals surface area contributed by atoms with Gasteiger partial charge in [-0.25, -0.2) is 4.98 Å². The third-order valence-electron chi connectivity index (χ3n) is 5.38. The highest BCUT2D eigenvalue weighted by Crippen LogP contribution is 2.32. The van der Waals surface area contributed by atoms with Gasteiger partial charge in [0.25, 0.3) is 0 Å². The van der Waals surface area contributed by atoms with E-state index < -0.39 is 6.04 Å². The number of carbonyl (C=O) groups is 1. The monoisotopic (exact) mass is 467 g/mol. The number of fused-ring (bicyclic) bond motifs is 1. The standard InChI is InChI=1S/C25H23Cl2N3O2/c1-3-22(25(31)28-15-16-4-8-18(26)9-5-16)30-23-13-12-20(32-2)14-21(23)29-24(30)17-6-10-19(27)11-7-17/h4-14,22H,3,15H2,1-2H3,(H,28,31). The van der Waals surface area contributed by atoms with Gasteiger partial charge in [-0.15, -0.1) is 0 Å². The van der Waals surface area contributed by atoms with Crippen LogP contribution < -0.4 is 10.1 Å².